The minimum Gasteiger partial charge on any atom is -0.508 e. The number of isocyanates is 1. The number of nitrogens with one attached hydrogen (secondary N) is 1. The summed E-state index contributed by atoms with van der Waals surface area (Å²) in [6, 6.07) is 109. The summed E-state index contributed by atoms with van der Waals surface area (Å²) in [6.45, 7) is 12.4. The number of phenols is 1. The van der Waals surface area contributed by atoms with Gasteiger partial charge in [0, 0.05) is 89.0 Å². The number of phenolic OH excluding ortho intramolecular Hbond substituents is 1. The molecule has 0 aliphatic heterocycles. The Balaban J connectivity index is 0.000000353. The number of aliphatic hydroxyl groups is 4. The van der Waals surface area contributed by atoms with E-state index in [2.05, 4.69) is 91.5 Å². The number of hydrogen-bond acceptors (Lipinski definition) is 17. The van der Waals surface area contributed by atoms with Crippen LogP contribution in [0.1, 0.15) is 86.3 Å². The summed E-state index contributed by atoms with van der Waals surface area (Å²) in [6.07, 6.45) is 5.07. The van der Waals surface area contributed by atoms with Gasteiger partial charge >= 0.3 is 18.0 Å². The number of hydrogen-bond donors (Lipinski definition) is 6. The summed E-state index contributed by atoms with van der Waals surface area (Å²) >= 11 is 0. The summed E-state index contributed by atoms with van der Waals surface area (Å²) in [5.74, 6) is -0.534. The van der Waals surface area contributed by atoms with Gasteiger partial charge in [0.15, 0.2) is 0 Å². The van der Waals surface area contributed by atoms with E-state index < -0.39 is 42.4 Å². The number of amides is 1. The van der Waals surface area contributed by atoms with E-state index in [1.807, 2.05) is 237 Å². The molecule has 4 unspecified atom stereocenters. The maximum Gasteiger partial charge on any atom is 0.412 e. The molecule has 13 aromatic rings. The van der Waals surface area contributed by atoms with Crippen LogP contribution in [-0.2, 0) is 64.1 Å². The van der Waals surface area contributed by atoms with Crippen molar-refractivity contribution in [1.82, 2.24) is 25.3 Å². The molecule has 9 aromatic carbocycles. The number of aromatic hydroxyl groups is 1. The van der Waals surface area contributed by atoms with Crippen molar-refractivity contribution in [3.63, 3.8) is 0 Å². The summed E-state index contributed by atoms with van der Waals surface area (Å²) in [7, 11) is 0. The second-order valence-electron chi connectivity index (χ2n) is 24.3. The summed E-state index contributed by atoms with van der Waals surface area (Å²) in [5, 5.41) is 52.2. The first-order chi connectivity index (χ1) is 55.0. The number of carbonyl (C=O) groups is 3. The van der Waals surface area contributed by atoms with E-state index in [4.69, 9.17) is 14.6 Å². The first kappa shape index (κ1) is 97.8. The van der Waals surface area contributed by atoms with Gasteiger partial charge < -0.3 is 65.0 Å². The van der Waals surface area contributed by atoms with Crippen molar-refractivity contribution in [2.24, 2.45) is 4.99 Å². The van der Waals surface area contributed by atoms with Crippen LogP contribution in [0.25, 0.3) is 45.0 Å². The zero-order valence-corrected chi connectivity index (χ0v) is 68.5. The third kappa shape index (κ3) is 39.9. The fourth-order valence-electron chi connectivity index (χ4n) is 9.52. The molecule has 0 aliphatic carbocycles. The molecule has 0 saturated carbocycles. The van der Waals surface area contributed by atoms with E-state index in [-0.39, 0.29) is 98.1 Å². The molecule has 0 fully saturated rings. The quantitative estimate of drug-likeness (QED) is 0.00974. The number of ether oxygens (including phenoxy) is 3. The molecular weight excluding hydrogens is 1810 g/mol. The number of pyridine rings is 4. The molecule has 1 amide bonds. The summed E-state index contributed by atoms with van der Waals surface area (Å²) in [5.41, 5.74) is 12.8. The van der Waals surface area contributed by atoms with Gasteiger partial charge in [0.1, 0.15) is 24.7 Å². The predicted octanol–water partition coefficient (Wildman–Crippen LogP) is 18.9. The molecule has 116 heavy (non-hydrogen) atoms. The number of nitrogens with zero attached hydrogens (tertiary/aromatic N) is 5. The molecule has 6 N–H and O–H groups in total. The van der Waals surface area contributed by atoms with E-state index in [0.29, 0.717) is 22.4 Å². The second-order valence-corrected chi connectivity index (χ2v) is 24.3. The normalized spacial score (nSPS) is 10.6. The van der Waals surface area contributed by atoms with Gasteiger partial charge in [-0.2, -0.15) is 0 Å². The van der Waals surface area contributed by atoms with Crippen molar-refractivity contribution < 1.29 is 99.1 Å². The molecular formula is C96H94Ir2N6O12-4. The molecule has 0 spiro atoms. The van der Waals surface area contributed by atoms with Gasteiger partial charge in [0.05, 0.1) is 37.5 Å². The van der Waals surface area contributed by atoms with Crippen LogP contribution in [0.2, 0.25) is 0 Å². The van der Waals surface area contributed by atoms with Crippen molar-refractivity contribution in [1.29, 1.82) is 0 Å². The van der Waals surface area contributed by atoms with Crippen molar-refractivity contribution in [3.05, 3.63) is 411 Å². The molecule has 2 radical (unpaired) electrons. The average molecular weight is 1910 g/mol. The van der Waals surface area contributed by atoms with Crippen molar-refractivity contribution >= 4 is 24.1 Å². The van der Waals surface area contributed by atoms with Crippen LogP contribution in [0, 0.1) is 31.2 Å². The molecule has 602 valence electrons. The molecule has 18 nitrogen and oxygen atoms in total. The van der Waals surface area contributed by atoms with E-state index in [1.165, 1.54) is 30.7 Å². The zero-order chi connectivity index (χ0) is 80.9. The number of aliphatic hydroxyl groups excluding tert-OH is 4. The van der Waals surface area contributed by atoms with Crippen molar-refractivity contribution in [3.8, 4) is 56.5 Å². The smallest absolute Gasteiger partial charge is 0.412 e. The number of esters is 2. The van der Waals surface area contributed by atoms with Gasteiger partial charge in [-0.05, 0) is 114 Å². The maximum atomic E-state index is 11.7. The first-order valence-corrected chi connectivity index (χ1v) is 35.9. The van der Waals surface area contributed by atoms with Gasteiger partial charge in [-0.25, -0.2) is 24.2 Å². The Morgan fingerprint density at radius 3 is 1.01 bits per heavy atom. The van der Waals surface area contributed by atoms with Crippen LogP contribution < -0.4 is 10.1 Å². The minimum atomic E-state index is -0.865. The number of aliphatic imine (C=N–C) groups is 1. The minimum absolute atomic E-state index is 0. The van der Waals surface area contributed by atoms with Crippen LogP contribution in [-0.4, -0.2) is 95.9 Å². The predicted molar refractivity (Wildman–Crippen MR) is 447 cm³/mol. The van der Waals surface area contributed by atoms with Crippen LogP contribution in [0.5, 0.6) is 11.5 Å². The van der Waals surface area contributed by atoms with Gasteiger partial charge in [0.2, 0.25) is 6.08 Å². The van der Waals surface area contributed by atoms with Crippen molar-refractivity contribution in [2.75, 3.05) is 26.3 Å². The Hall–Kier alpha value is -12.4. The van der Waals surface area contributed by atoms with Gasteiger partial charge in [-0.15, -0.1) is 144 Å². The van der Waals surface area contributed by atoms with Gasteiger partial charge in [-0.3, -0.25) is 0 Å². The Kier molecular flexibility index (Phi) is 49.3. The topological polar surface area (TPSA) is 273 Å². The fourth-order valence-corrected chi connectivity index (χ4v) is 9.52. The molecule has 0 aliphatic rings. The monoisotopic (exact) mass is 1910 g/mol. The SMILES string of the molecule is C.C=C(C)C(=O)OCCN=C=O.C=C(C)C(=O)OCCNC(=O)Oc1ccc(C(O)CC(O)c2ccccc2)cc1.Cc1ccccc1.Oc1ccc(C(O)CC(O)c2ccccc2)cc1.[Ir].[Ir].[c-]1ccccc1-c1ccccn1.[c-]1ccccc1-c1ccccn1.[c-]1ccccc1-c1ccccn1.[c-]1ccccc1-c1ccccn1. The van der Waals surface area contributed by atoms with Gasteiger partial charge in [0.25, 0.3) is 0 Å². The molecule has 4 aromatic heterocycles. The van der Waals surface area contributed by atoms with E-state index in [9.17, 15) is 39.6 Å². The Bertz CT molecular complexity index is 4370. The number of rotatable bonds is 21. The molecule has 0 bridgehead atoms. The van der Waals surface area contributed by atoms with E-state index in [1.54, 1.807) is 80.2 Å². The van der Waals surface area contributed by atoms with Crippen LogP contribution in [0.3, 0.4) is 0 Å². The Morgan fingerprint density at radius 2 is 0.724 bits per heavy atom. The third-order valence-corrected chi connectivity index (χ3v) is 15.4. The molecule has 0 saturated heterocycles. The van der Waals surface area contributed by atoms with Crippen LogP contribution >= 0.6 is 0 Å². The number of aromatic nitrogens is 4. The van der Waals surface area contributed by atoms with E-state index in [0.717, 1.165) is 56.2 Å². The standard InChI is InChI=1S/C22H25NO6.C15H16O3.4C11H8N.C7H9NO3.C7H8.CH4.2Ir/c1-15(2)21(26)28-13-12-23-22(27)29-18-10-8-17(9-11-18)20(25)14-19(24)16-6-4-3-5-7-16;16-13-8-6-12(7-9-13)15(18)10-14(17)11-4-2-1-3-5-11;4*1-2-6-10(7-3-1)11-8-4-5-9-12-11;1-6(2)7(10)11-4-3-8-5-9;1-7-5-3-2-4-6-7;;;/h3-11,19-20,24-25H,1,12-14H2,2H3,(H,23,27);1-9,14-18H,10H2;4*1-6,8-9H;1,3-4H2,2H3;2-6H,1H3;1H4;;/q;;4*-1;;;;;. The largest absolute Gasteiger partial charge is 0.508 e. The summed E-state index contributed by atoms with van der Waals surface area (Å²) < 4.78 is 14.6. The molecule has 20 heteroatoms. The number of carbonyl (C=O) groups excluding carboxylic acids is 4. The first-order valence-electron chi connectivity index (χ1n) is 35.9. The van der Waals surface area contributed by atoms with Crippen molar-refractivity contribution in [2.45, 2.75) is 65.5 Å². The molecule has 4 heterocycles. The average Bonchev–Trinajstić information content (AvgIpc) is 0.807. The zero-order valence-electron chi connectivity index (χ0n) is 63.7. The summed E-state index contributed by atoms with van der Waals surface area (Å²) in [4.78, 5) is 63.2. The molecule has 13 rings (SSSR count). The molecule has 4 atom stereocenters. The van der Waals surface area contributed by atoms with E-state index >= 15 is 0 Å². The van der Waals surface area contributed by atoms with Gasteiger partial charge in [-0.1, -0.05) is 190 Å². The van der Waals surface area contributed by atoms with Crippen LogP contribution in [0.4, 0.5) is 4.79 Å². The maximum absolute atomic E-state index is 11.7. The Morgan fingerprint density at radius 1 is 0.422 bits per heavy atom. The van der Waals surface area contributed by atoms with Crippen LogP contribution in [0.15, 0.2) is 363 Å². The third-order valence-electron chi connectivity index (χ3n) is 15.4. The fraction of sp³-hybridized carbons (Fsp3) is 0.146. The number of benzene rings is 9. The Labute approximate surface area is 707 Å². The number of aryl methyl sites for hydroxylation is 1. The second kappa shape index (κ2) is 58.4.